The van der Waals surface area contributed by atoms with Gasteiger partial charge in [0.2, 0.25) is 0 Å². The zero-order valence-electron chi connectivity index (χ0n) is 10.3. The summed E-state index contributed by atoms with van der Waals surface area (Å²) in [5, 5.41) is -0.0275. The van der Waals surface area contributed by atoms with Crippen molar-refractivity contribution in [1.29, 1.82) is 0 Å². The number of rotatable bonds is 4. The van der Waals surface area contributed by atoms with Crippen LogP contribution in [0.2, 0.25) is 5.02 Å². The topological polar surface area (TPSA) is 26.3 Å². The Morgan fingerprint density at radius 2 is 1.89 bits per heavy atom. The molecule has 0 fully saturated rings. The molecular weight excluding hydrogens is 267 g/mol. The van der Waals surface area contributed by atoms with Gasteiger partial charge in [-0.2, -0.15) is 0 Å². The smallest absolute Gasteiger partial charge is 0.200 e. The molecule has 0 bridgehead atoms. The maximum Gasteiger partial charge on any atom is 0.200 e. The molecule has 0 spiro atoms. The first-order chi connectivity index (χ1) is 9.06. The van der Waals surface area contributed by atoms with Crippen LogP contribution < -0.4 is 4.74 Å². The third-order valence-corrected chi connectivity index (χ3v) is 2.92. The summed E-state index contributed by atoms with van der Waals surface area (Å²) in [6.45, 7) is 1.84. The van der Waals surface area contributed by atoms with E-state index in [0.717, 1.165) is 5.56 Å². The van der Waals surface area contributed by atoms with Crippen LogP contribution in [0.3, 0.4) is 0 Å². The lowest BCUT2D eigenvalue weighted by molar-refractivity contribution is 0.0921. The lowest BCUT2D eigenvalue weighted by Crippen LogP contribution is -2.11. The molecule has 2 aromatic carbocycles. The van der Waals surface area contributed by atoms with Gasteiger partial charge in [0, 0.05) is 11.6 Å². The predicted molar refractivity (Wildman–Crippen MR) is 72.4 cm³/mol. The van der Waals surface area contributed by atoms with E-state index >= 15 is 0 Å². The van der Waals surface area contributed by atoms with Gasteiger partial charge in [0.05, 0.1) is 5.02 Å². The van der Waals surface area contributed by atoms with Crippen LogP contribution in [-0.4, -0.2) is 12.4 Å². The van der Waals surface area contributed by atoms with Crippen molar-refractivity contribution < 1.29 is 13.9 Å². The van der Waals surface area contributed by atoms with E-state index in [1.165, 1.54) is 18.2 Å². The fraction of sp³-hybridized carbons (Fsp3) is 0.133. The molecule has 0 aliphatic rings. The zero-order chi connectivity index (χ0) is 13.8. The van der Waals surface area contributed by atoms with E-state index in [0.29, 0.717) is 11.3 Å². The Labute approximate surface area is 115 Å². The number of carbonyl (C=O) groups excluding carboxylic acids is 1. The molecule has 98 valence electrons. The maximum absolute atomic E-state index is 12.9. The highest BCUT2D eigenvalue weighted by molar-refractivity contribution is 6.30. The summed E-state index contributed by atoms with van der Waals surface area (Å²) in [4.78, 5) is 11.8. The van der Waals surface area contributed by atoms with Crippen molar-refractivity contribution in [2.45, 2.75) is 6.92 Å². The number of aryl methyl sites for hydroxylation is 1. The van der Waals surface area contributed by atoms with Crippen molar-refractivity contribution in [1.82, 2.24) is 0 Å². The van der Waals surface area contributed by atoms with Crippen molar-refractivity contribution in [3.63, 3.8) is 0 Å². The average molecular weight is 279 g/mol. The van der Waals surface area contributed by atoms with Crippen LogP contribution in [0.15, 0.2) is 42.5 Å². The minimum atomic E-state index is -0.515. The fourth-order valence-electron chi connectivity index (χ4n) is 1.54. The van der Waals surface area contributed by atoms with Crippen LogP contribution in [0.5, 0.6) is 5.75 Å². The van der Waals surface area contributed by atoms with Crippen LogP contribution in [0.1, 0.15) is 15.9 Å². The van der Waals surface area contributed by atoms with Crippen molar-refractivity contribution in [3.05, 3.63) is 64.4 Å². The molecule has 0 radical (unpaired) electrons. The summed E-state index contributed by atoms with van der Waals surface area (Å²) in [6, 6.07) is 11.2. The molecule has 4 heteroatoms. The Kier molecular flexibility index (Phi) is 4.17. The van der Waals surface area contributed by atoms with Gasteiger partial charge >= 0.3 is 0 Å². The standard InChI is InChI=1S/C15H12ClFO2/c1-10-2-4-11(5-3-10)15(18)9-19-12-6-7-14(17)13(16)8-12/h2-8H,9H2,1H3. The van der Waals surface area contributed by atoms with Gasteiger partial charge < -0.3 is 4.74 Å². The Morgan fingerprint density at radius 1 is 1.21 bits per heavy atom. The summed E-state index contributed by atoms with van der Waals surface area (Å²) in [6.07, 6.45) is 0. The first-order valence-corrected chi connectivity index (χ1v) is 6.12. The van der Waals surface area contributed by atoms with Crippen LogP contribution in [-0.2, 0) is 0 Å². The summed E-state index contributed by atoms with van der Waals surface area (Å²) >= 11 is 5.62. The van der Waals surface area contributed by atoms with Gasteiger partial charge in [0.15, 0.2) is 12.4 Å². The predicted octanol–water partition coefficient (Wildman–Crippen LogP) is 4.05. The number of hydrogen-bond donors (Lipinski definition) is 0. The van der Waals surface area contributed by atoms with Crippen LogP contribution >= 0.6 is 11.6 Å². The lowest BCUT2D eigenvalue weighted by Gasteiger charge is -2.06. The van der Waals surface area contributed by atoms with Crippen molar-refractivity contribution >= 4 is 17.4 Å². The lowest BCUT2D eigenvalue weighted by atomic mass is 10.1. The average Bonchev–Trinajstić information content (AvgIpc) is 2.40. The van der Waals surface area contributed by atoms with Crippen molar-refractivity contribution in [2.75, 3.05) is 6.61 Å². The van der Waals surface area contributed by atoms with Crippen molar-refractivity contribution in [3.8, 4) is 5.75 Å². The molecule has 2 rings (SSSR count). The van der Waals surface area contributed by atoms with E-state index in [2.05, 4.69) is 0 Å². The molecule has 0 aliphatic carbocycles. The SMILES string of the molecule is Cc1ccc(C(=O)COc2ccc(F)c(Cl)c2)cc1. The molecule has 0 amide bonds. The maximum atomic E-state index is 12.9. The second-order valence-electron chi connectivity index (χ2n) is 4.15. The highest BCUT2D eigenvalue weighted by atomic mass is 35.5. The number of ketones is 1. The Hall–Kier alpha value is -1.87. The van der Waals surface area contributed by atoms with E-state index in [9.17, 15) is 9.18 Å². The number of hydrogen-bond acceptors (Lipinski definition) is 2. The number of carbonyl (C=O) groups is 1. The molecule has 0 N–H and O–H groups in total. The van der Waals surface area contributed by atoms with Gasteiger partial charge in [-0.25, -0.2) is 4.39 Å². The fourth-order valence-corrected chi connectivity index (χ4v) is 1.71. The zero-order valence-corrected chi connectivity index (χ0v) is 11.1. The van der Waals surface area contributed by atoms with Gasteiger partial charge in [-0.15, -0.1) is 0 Å². The van der Waals surface area contributed by atoms with Gasteiger partial charge in [0.1, 0.15) is 11.6 Å². The monoisotopic (exact) mass is 278 g/mol. The molecule has 0 saturated heterocycles. The summed E-state index contributed by atoms with van der Waals surface area (Å²) in [7, 11) is 0. The molecule has 0 atom stereocenters. The van der Waals surface area contributed by atoms with E-state index in [-0.39, 0.29) is 17.4 Å². The molecule has 2 nitrogen and oxygen atoms in total. The van der Waals surface area contributed by atoms with E-state index in [1.54, 1.807) is 12.1 Å². The minimum absolute atomic E-state index is 0.0275. The third kappa shape index (κ3) is 3.55. The van der Waals surface area contributed by atoms with Gasteiger partial charge in [-0.1, -0.05) is 41.4 Å². The third-order valence-electron chi connectivity index (χ3n) is 2.63. The Balaban J connectivity index is 2.00. The van der Waals surface area contributed by atoms with Gasteiger partial charge in [0.25, 0.3) is 0 Å². The molecule has 0 aliphatic heterocycles. The first-order valence-electron chi connectivity index (χ1n) is 5.74. The van der Waals surface area contributed by atoms with Crippen molar-refractivity contribution in [2.24, 2.45) is 0 Å². The summed E-state index contributed by atoms with van der Waals surface area (Å²) in [5.41, 5.74) is 1.67. The molecule has 0 heterocycles. The number of benzene rings is 2. The van der Waals surface area contributed by atoms with Crippen LogP contribution in [0.4, 0.5) is 4.39 Å². The summed E-state index contributed by atoms with van der Waals surface area (Å²) in [5.74, 6) is -0.286. The molecule has 0 aromatic heterocycles. The minimum Gasteiger partial charge on any atom is -0.485 e. The van der Waals surface area contributed by atoms with Gasteiger partial charge in [-0.3, -0.25) is 4.79 Å². The van der Waals surface area contributed by atoms with E-state index < -0.39 is 5.82 Å². The number of Topliss-reactive ketones (excluding diaryl/α,β-unsaturated/α-hetero) is 1. The second kappa shape index (κ2) is 5.85. The van der Waals surface area contributed by atoms with Crippen LogP contribution in [0, 0.1) is 12.7 Å². The van der Waals surface area contributed by atoms with Crippen LogP contribution in [0.25, 0.3) is 0 Å². The highest BCUT2D eigenvalue weighted by Crippen LogP contribution is 2.21. The quantitative estimate of drug-likeness (QED) is 0.789. The Bertz CT molecular complexity index is 594. The Morgan fingerprint density at radius 3 is 2.53 bits per heavy atom. The highest BCUT2D eigenvalue weighted by Gasteiger charge is 2.07. The van der Waals surface area contributed by atoms with E-state index in [4.69, 9.17) is 16.3 Å². The number of halogens is 2. The molecule has 0 saturated carbocycles. The molecule has 2 aromatic rings. The molecule has 0 unspecified atom stereocenters. The summed E-state index contributed by atoms with van der Waals surface area (Å²) < 4.78 is 18.2. The first kappa shape index (κ1) is 13.6. The molecular formula is C15H12ClFO2. The van der Waals surface area contributed by atoms with Gasteiger partial charge in [-0.05, 0) is 19.1 Å². The second-order valence-corrected chi connectivity index (χ2v) is 4.56. The van der Waals surface area contributed by atoms with E-state index in [1.807, 2.05) is 19.1 Å². The molecule has 19 heavy (non-hydrogen) atoms. The largest absolute Gasteiger partial charge is 0.485 e. The normalized spacial score (nSPS) is 10.3. The number of ether oxygens (including phenoxy) is 1.